The highest BCUT2D eigenvalue weighted by Gasteiger charge is 2.16. The summed E-state index contributed by atoms with van der Waals surface area (Å²) in [5.74, 6) is 2.52. The Bertz CT molecular complexity index is 368. The summed E-state index contributed by atoms with van der Waals surface area (Å²) < 4.78 is 2.05. The fraction of sp³-hybridized carbons (Fsp3) is 0.857. The van der Waals surface area contributed by atoms with Crippen molar-refractivity contribution in [2.24, 2.45) is 11.8 Å². The van der Waals surface area contributed by atoms with Crippen LogP contribution in [0.2, 0.25) is 0 Å². The van der Waals surface area contributed by atoms with Gasteiger partial charge in [-0.2, -0.15) is 5.10 Å². The zero-order chi connectivity index (χ0) is 13.7. The molecule has 0 radical (unpaired) electrons. The maximum absolute atomic E-state index is 4.40. The van der Waals surface area contributed by atoms with Crippen molar-refractivity contribution in [2.75, 3.05) is 26.7 Å². The van der Waals surface area contributed by atoms with E-state index in [1.807, 2.05) is 4.68 Å². The topological polar surface area (TPSA) is 46.0 Å². The number of rotatable bonds is 6. The third kappa shape index (κ3) is 4.58. The van der Waals surface area contributed by atoms with Gasteiger partial charge < -0.3 is 5.32 Å². The Morgan fingerprint density at radius 2 is 2.16 bits per heavy atom. The summed E-state index contributed by atoms with van der Waals surface area (Å²) in [5, 5.41) is 7.74. The molecular weight excluding hydrogens is 238 g/mol. The minimum Gasteiger partial charge on any atom is -0.317 e. The van der Waals surface area contributed by atoms with E-state index in [1.54, 1.807) is 6.33 Å². The second-order valence-corrected chi connectivity index (χ2v) is 6.14. The molecule has 0 aliphatic carbocycles. The largest absolute Gasteiger partial charge is 0.317 e. The van der Waals surface area contributed by atoms with Crippen molar-refractivity contribution in [3.63, 3.8) is 0 Å². The number of hydrogen-bond acceptors (Lipinski definition) is 4. The van der Waals surface area contributed by atoms with E-state index in [0.717, 1.165) is 31.4 Å². The molecule has 2 rings (SSSR count). The second kappa shape index (κ2) is 7.01. The summed E-state index contributed by atoms with van der Waals surface area (Å²) in [7, 11) is 2.19. The van der Waals surface area contributed by atoms with Crippen LogP contribution in [0, 0.1) is 11.8 Å². The van der Waals surface area contributed by atoms with Gasteiger partial charge in [-0.05, 0) is 44.8 Å². The lowest BCUT2D eigenvalue weighted by Crippen LogP contribution is -2.34. The predicted molar refractivity (Wildman–Crippen MR) is 76.8 cm³/mol. The monoisotopic (exact) mass is 265 g/mol. The summed E-state index contributed by atoms with van der Waals surface area (Å²) in [6, 6.07) is 0. The third-order valence-electron chi connectivity index (χ3n) is 3.67. The molecule has 0 atom stereocenters. The first-order chi connectivity index (χ1) is 9.15. The molecule has 0 bridgehead atoms. The standard InChI is InChI=1S/C14H27N5/c1-12(2)8-19-14(16-11-17-19)10-18(3)9-13-4-6-15-7-5-13/h11-13,15H,4-10H2,1-3H3. The van der Waals surface area contributed by atoms with Crippen molar-refractivity contribution >= 4 is 0 Å². The molecule has 1 aliphatic heterocycles. The second-order valence-electron chi connectivity index (χ2n) is 6.14. The molecule has 1 aromatic heterocycles. The lowest BCUT2D eigenvalue weighted by molar-refractivity contribution is 0.226. The maximum atomic E-state index is 4.40. The van der Waals surface area contributed by atoms with Crippen molar-refractivity contribution < 1.29 is 0 Å². The van der Waals surface area contributed by atoms with Crippen molar-refractivity contribution in [3.05, 3.63) is 12.2 Å². The molecule has 1 aromatic rings. The lowest BCUT2D eigenvalue weighted by Gasteiger charge is -2.27. The molecular formula is C14H27N5. The molecule has 5 nitrogen and oxygen atoms in total. The normalized spacial score (nSPS) is 17.5. The quantitative estimate of drug-likeness (QED) is 0.844. The van der Waals surface area contributed by atoms with Crippen LogP contribution in [0.25, 0.3) is 0 Å². The first-order valence-electron chi connectivity index (χ1n) is 7.41. The zero-order valence-electron chi connectivity index (χ0n) is 12.5. The van der Waals surface area contributed by atoms with Crippen LogP contribution in [-0.4, -0.2) is 46.3 Å². The van der Waals surface area contributed by atoms with Crippen LogP contribution in [0.4, 0.5) is 0 Å². The SMILES string of the molecule is CC(C)Cn1ncnc1CN(C)CC1CCNCC1. The molecule has 1 saturated heterocycles. The molecule has 1 aliphatic rings. The van der Waals surface area contributed by atoms with Crippen LogP contribution in [0.5, 0.6) is 0 Å². The molecule has 0 saturated carbocycles. The summed E-state index contributed by atoms with van der Waals surface area (Å²) in [5.41, 5.74) is 0. The Morgan fingerprint density at radius 1 is 1.42 bits per heavy atom. The van der Waals surface area contributed by atoms with Gasteiger partial charge in [0.15, 0.2) is 0 Å². The van der Waals surface area contributed by atoms with Crippen molar-refractivity contribution in [1.82, 2.24) is 25.0 Å². The molecule has 19 heavy (non-hydrogen) atoms. The molecule has 0 amide bonds. The van der Waals surface area contributed by atoms with E-state index in [2.05, 4.69) is 41.2 Å². The van der Waals surface area contributed by atoms with Gasteiger partial charge in [0.2, 0.25) is 0 Å². The summed E-state index contributed by atoms with van der Waals surface area (Å²) in [6.45, 7) is 9.78. The zero-order valence-corrected chi connectivity index (χ0v) is 12.5. The van der Waals surface area contributed by atoms with Gasteiger partial charge in [-0.3, -0.25) is 4.90 Å². The summed E-state index contributed by atoms with van der Waals surface area (Å²) in [6.07, 6.45) is 4.27. The maximum Gasteiger partial charge on any atom is 0.141 e. The van der Waals surface area contributed by atoms with Gasteiger partial charge in [0.05, 0.1) is 6.54 Å². The van der Waals surface area contributed by atoms with E-state index in [-0.39, 0.29) is 0 Å². The van der Waals surface area contributed by atoms with Gasteiger partial charge in [0.25, 0.3) is 0 Å². The van der Waals surface area contributed by atoms with Crippen LogP contribution >= 0.6 is 0 Å². The first-order valence-corrected chi connectivity index (χ1v) is 7.41. The molecule has 1 N–H and O–H groups in total. The van der Waals surface area contributed by atoms with E-state index >= 15 is 0 Å². The minimum atomic E-state index is 0.607. The highest BCUT2D eigenvalue weighted by molar-refractivity contribution is 4.85. The van der Waals surface area contributed by atoms with Crippen molar-refractivity contribution in [1.29, 1.82) is 0 Å². The Morgan fingerprint density at radius 3 is 2.84 bits per heavy atom. The molecule has 108 valence electrons. The van der Waals surface area contributed by atoms with E-state index in [1.165, 1.54) is 25.9 Å². The lowest BCUT2D eigenvalue weighted by atomic mass is 9.98. The number of nitrogens with one attached hydrogen (secondary N) is 1. The third-order valence-corrected chi connectivity index (χ3v) is 3.67. The van der Waals surface area contributed by atoms with E-state index < -0.39 is 0 Å². The molecule has 0 aromatic carbocycles. The van der Waals surface area contributed by atoms with Gasteiger partial charge in [0.1, 0.15) is 12.2 Å². The number of nitrogens with zero attached hydrogens (tertiary/aromatic N) is 4. The van der Waals surface area contributed by atoms with Gasteiger partial charge >= 0.3 is 0 Å². The van der Waals surface area contributed by atoms with Gasteiger partial charge in [-0.1, -0.05) is 13.8 Å². The smallest absolute Gasteiger partial charge is 0.141 e. The van der Waals surface area contributed by atoms with Crippen LogP contribution in [-0.2, 0) is 13.1 Å². The van der Waals surface area contributed by atoms with Crippen LogP contribution < -0.4 is 5.32 Å². The van der Waals surface area contributed by atoms with Crippen molar-refractivity contribution in [3.8, 4) is 0 Å². The highest BCUT2D eigenvalue weighted by Crippen LogP contribution is 2.14. The summed E-state index contributed by atoms with van der Waals surface area (Å²) >= 11 is 0. The van der Waals surface area contributed by atoms with Gasteiger partial charge in [-0.15, -0.1) is 0 Å². The van der Waals surface area contributed by atoms with E-state index in [9.17, 15) is 0 Å². The Labute approximate surface area is 116 Å². The number of piperidine rings is 1. The Balaban J connectivity index is 1.84. The average molecular weight is 265 g/mol. The van der Waals surface area contributed by atoms with Crippen LogP contribution in [0.1, 0.15) is 32.5 Å². The molecule has 2 heterocycles. The highest BCUT2D eigenvalue weighted by atomic mass is 15.3. The molecule has 0 spiro atoms. The van der Waals surface area contributed by atoms with Crippen LogP contribution in [0.3, 0.4) is 0 Å². The van der Waals surface area contributed by atoms with Gasteiger partial charge in [-0.25, -0.2) is 9.67 Å². The molecule has 1 fully saturated rings. The molecule has 5 heteroatoms. The minimum absolute atomic E-state index is 0.607. The number of aromatic nitrogens is 3. The Kier molecular flexibility index (Phi) is 5.34. The average Bonchev–Trinajstić information content (AvgIpc) is 2.77. The van der Waals surface area contributed by atoms with E-state index in [0.29, 0.717) is 5.92 Å². The number of hydrogen-bond donors (Lipinski definition) is 1. The Hall–Kier alpha value is -0.940. The summed E-state index contributed by atoms with van der Waals surface area (Å²) in [4.78, 5) is 6.79. The molecule has 0 unspecified atom stereocenters. The van der Waals surface area contributed by atoms with Gasteiger partial charge in [0, 0.05) is 13.1 Å². The van der Waals surface area contributed by atoms with Crippen molar-refractivity contribution in [2.45, 2.75) is 39.8 Å². The van der Waals surface area contributed by atoms with E-state index in [4.69, 9.17) is 0 Å². The first kappa shape index (κ1) is 14.5. The fourth-order valence-electron chi connectivity index (χ4n) is 2.72. The fourth-order valence-corrected chi connectivity index (χ4v) is 2.72. The van der Waals surface area contributed by atoms with Crippen LogP contribution in [0.15, 0.2) is 6.33 Å². The predicted octanol–water partition coefficient (Wildman–Crippen LogP) is 1.37.